The minimum atomic E-state index is 0.291. The maximum atomic E-state index is 6.00. The molecule has 3 rings (SSSR count). The van der Waals surface area contributed by atoms with E-state index in [0.29, 0.717) is 13.3 Å². The quantitative estimate of drug-likeness (QED) is 0.646. The van der Waals surface area contributed by atoms with E-state index < -0.39 is 0 Å². The van der Waals surface area contributed by atoms with E-state index in [9.17, 15) is 0 Å². The summed E-state index contributed by atoms with van der Waals surface area (Å²) in [5.41, 5.74) is 2.30. The van der Waals surface area contributed by atoms with Gasteiger partial charge in [0.05, 0.1) is 0 Å². The summed E-state index contributed by atoms with van der Waals surface area (Å²) in [7, 11) is 1.76. The number of hydrogen-bond acceptors (Lipinski definition) is 3. The molecule has 0 radical (unpaired) electrons. The molecule has 0 bridgehead atoms. The number of rotatable bonds is 5. The van der Waals surface area contributed by atoms with Crippen molar-refractivity contribution in [2.45, 2.75) is 13.0 Å². The van der Waals surface area contributed by atoms with E-state index in [1.54, 1.807) is 7.05 Å². The molecule has 0 saturated carbocycles. The van der Waals surface area contributed by atoms with Crippen molar-refractivity contribution in [2.75, 3.05) is 20.4 Å². The van der Waals surface area contributed by atoms with E-state index in [2.05, 4.69) is 21.7 Å². The van der Waals surface area contributed by atoms with Gasteiger partial charge in [0.2, 0.25) is 6.79 Å². The van der Waals surface area contributed by atoms with Crippen molar-refractivity contribution in [1.82, 2.24) is 10.6 Å². The summed E-state index contributed by atoms with van der Waals surface area (Å²) in [6.45, 7) is 1.73. The normalized spacial score (nSPS) is 13.0. The molecule has 5 nitrogen and oxygen atoms in total. The molecule has 0 saturated heterocycles. The SMILES string of the molecule is CN=C(NCCc1cccc(Cl)c1)NCc1ccc2c(c1)OCO2. The fraction of sp³-hybridized carbons (Fsp3) is 0.278. The van der Waals surface area contributed by atoms with Crippen molar-refractivity contribution < 1.29 is 9.47 Å². The minimum absolute atomic E-state index is 0.291. The molecule has 0 aromatic heterocycles. The monoisotopic (exact) mass is 345 g/mol. The summed E-state index contributed by atoms with van der Waals surface area (Å²) in [6.07, 6.45) is 0.880. The first-order chi connectivity index (χ1) is 11.7. The standard InChI is InChI=1S/C18H20ClN3O2/c1-20-18(21-8-7-13-3-2-4-15(19)9-13)22-11-14-5-6-16-17(10-14)24-12-23-16/h2-6,9-10H,7-8,11-12H2,1H3,(H2,20,21,22). The molecule has 0 aliphatic carbocycles. The molecule has 1 aliphatic heterocycles. The first-order valence-electron chi connectivity index (χ1n) is 7.82. The van der Waals surface area contributed by atoms with Gasteiger partial charge in [-0.2, -0.15) is 0 Å². The van der Waals surface area contributed by atoms with Gasteiger partial charge in [-0.25, -0.2) is 0 Å². The summed E-state index contributed by atoms with van der Waals surface area (Å²) in [4.78, 5) is 4.24. The third kappa shape index (κ3) is 4.32. The smallest absolute Gasteiger partial charge is 0.231 e. The van der Waals surface area contributed by atoms with Gasteiger partial charge >= 0.3 is 0 Å². The van der Waals surface area contributed by atoms with Crippen LogP contribution in [0.4, 0.5) is 0 Å². The summed E-state index contributed by atoms with van der Waals surface area (Å²) in [5.74, 6) is 2.34. The first kappa shape index (κ1) is 16.5. The van der Waals surface area contributed by atoms with Crippen LogP contribution in [0.1, 0.15) is 11.1 Å². The highest BCUT2D eigenvalue weighted by Gasteiger charge is 2.13. The highest BCUT2D eigenvalue weighted by atomic mass is 35.5. The fourth-order valence-electron chi connectivity index (χ4n) is 2.48. The van der Waals surface area contributed by atoms with Crippen LogP contribution in [0.5, 0.6) is 11.5 Å². The van der Waals surface area contributed by atoms with Gasteiger partial charge in [0.15, 0.2) is 17.5 Å². The lowest BCUT2D eigenvalue weighted by Crippen LogP contribution is -2.37. The minimum Gasteiger partial charge on any atom is -0.454 e. The van der Waals surface area contributed by atoms with Gasteiger partial charge in [0.1, 0.15) is 0 Å². The number of nitrogens with zero attached hydrogens (tertiary/aromatic N) is 1. The number of fused-ring (bicyclic) bond motifs is 1. The van der Waals surface area contributed by atoms with Crippen molar-refractivity contribution in [3.05, 3.63) is 58.6 Å². The number of nitrogens with one attached hydrogen (secondary N) is 2. The number of ether oxygens (including phenoxy) is 2. The van der Waals surface area contributed by atoms with E-state index >= 15 is 0 Å². The summed E-state index contributed by atoms with van der Waals surface area (Å²) in [5, 5.41) is 7.35. The zero-order valence-corrected chi connectivity index (χ0v) is 14.3. The van der Waals surface area contributed by atoms with Crippen LogP contribution in [0.25, 0.3) is 0 Å². The summed E-state index contributed by atoms with van der Waals surface area (Å²) >= 11 is 6.00. The van der Waals surface area contributed by atoms with Crippen LogP contribution in [0.3, 0.4) is 0 Å². The summed E-state index contributed by atoms with van der Waals surface area (Å²) < 4.78 is 10.7. The Hall–Kier alpha value is -2.40. The lowest BCUT2D eigenvalue weighted by molar-refractivity contribution is 0.174. The molecule has 0 spiro atoms. The molecule has 0 fully saturated rings. The maximum absolute atomic E-state index is 6.00. The number of guanidine groups is 1. The maximum Gasteiger partial charge on any atom is 0.231 e. The highest BCUT2D eigenvalue weighted by molar-refractivity contribution is 6.30. The van der Waals surface area contributed by atoms with Gasteiger partial charge < -0.3 is 20.1 Å². The Kier molecular flexibility index (Phi) is 5.43. The molecule has 2 aromatic carbocycles. The molecule has 2 N–H and O–H groups in total. The van der Waals surface area contributed by atoms with Gasteiger partial charge in [-0.15, -0.1) is 0 Å². The van der Waals surface area contributed by atoms with Crippen molar-refractivity contribution in [1.29, 1.82) is 0 Å². The van der Waals surface area contributed by atoms with Crippen molar-refractivity contribution in [2.24, 2.45) is 4.99 Å². The van der Waals surface area contributed by atoms with Crippen molar-refractivity contribution >= 4 is 17.6 Å². The number of hydrogen-bond donors (Lipinski definition) is 2. The number of benzene rings is 2. The van der Waals surface area contributed by atoms with Crippen LogP contribution >= 0.6 is 11.6 Å². The van der Waals surface area contributed by atoms with E-state index in [1.165, 1.54) is 5.56 Å². The topological polar surface area (TPSA) is 54.9 Å². The lowest BCUT2D eigenvalue weighted by atomic mass is 10.1. The Balaban J connectivity index is 1.47. The largest absolute Gasteiger partial charge is 0.454 e. The summed E-state index contributed by atoms with van der Waals surface area (Å²) in [6, 6.07) is 13.8. The van der Waals surface area contributed by atoms with Gasteiger partial charge in [-0.3, -0.25) is 4.99 Å². The molecule has 24 heavy (non-hydrogen) atoms. The van der Waals surface area contributed by atoms with Crippen molar-refractivity contribution in [3.63, 3.8) is 0 Å². The number of halogens is 1. The molecular weight excluding hydrogens is 326 g/mol. The molecule has 1 heterocycles. The van der Waals surface area contributed by atoms with Gasteiger partial charge in [0.25, 0.3) is 0 Å². The average Bonchev–Trinajstić information content (AvgIpc) is 3.05. The van der Waals surface area contributed by atoms with Gasteiger partial charge in [-0.1, -0.05) is 29.8 Å². The molecule has 1 aliphatic rings. The zero-order valence-electron chi connectivity index (χ0n) is 13.5. The van der Waals surface area contributed by atoms with Crippen LogP contribution in [-0.4, -0.2) is 26.3 Å². The number of aliphatic imine (C=N–C) groups is 1. The zero-order chi connectivity index (χ0) is 16.8. The molecule has 0 unspecified atom stereocenters. The van der Waals surface area contributed by atoms with Crippen LogP contribution in [0.2, 0.25) is 5.02 Å². The second-order valence-corrected chi connectivity index (χ2v) is 5.86. The Labute approximate surface area is 146 Å². The Morgan fingerprint density at radius 3 is 2.79 bits per heavy atom. The van der Waals surface area contributed by atoms with Gasteiger partial charge in [0, 0.05) is 25.2 Å². The molecule has 126 valence electrons. The van der Waals surface area contributed by atoms with E-state index in [0.717, 1.165) is 41.0 Å². The van der Waals surface area contributed by atoms with Crippen molar-refractivity contribution in [3.8, 4) is 11.5 Å². The second kappa shape index (κ2) is 7.93. The molecule has 0 atom stereocenters. The first-order valence-corrected chi connectivity index (χ1v) is 8.20. The van der Waals surface area contributed by atoms with Gasteiger partial charge in [-0.05, 0) is 41.8 Å². The Morgan fingerprint density at radius 1 is 1.08 bits per heavy atom. The lowest BCUT2D eigenvalue weighted by Gasteiger charge is -2.12. The predicted octanol–water partition coefficient (Wildman–Crippen LogP) is 2.98. The van der Waals surface area contributed by atoms with E-state index in [1.807, 2.05) is 36.4 Å². The van der Waals surface area contributed by atoms with Crippen LogP contribution < -0.4 is 20.1 Å². The second-order valence-electron chi connectivity index (χ2n) is 5.42. The highest BCUT2D eigenvalue weighted by Crippen LogP contribution is 2.32. The third-order valence-electron chi connectivity index (χ3n) is 3.72. The van der Waals surface area contributed by atoms with Crippen LogP contribution in [0, 0.1) is 0 Å². The van der Waals surface area contributed by atoms with E-state index in [4.69, 9.17) is 21.1 Å². The van der Waals surface area contributed by atoms with Crippen LogP contribution in [-0.2, 0) is 13.0 Å². The van der Waals surface area contributed by atoms with E-state index in [-0.39, 0.29) is 0 Å². The third-order valence-corrected chi connectivity index (χ3v) is 3.95. The Bertz CT molecular complexity index is 734. The Morgan fingerprint density at radius 2 is 1.96 bits per heavy atom. The molecule has 0 amide bonds. The van der Waals surface area contributed by atoms with Crippen LogP contribution in [0.15, 0.2) is 47.5 Å². The molecular formula is C18H20ClN3O2. The predicted molar refractivity (Wildman–Crippen MR) is 95.9 cm³/mol. The fourth-order valence-corrected chi connectivity index (χ4v) is 2.69. The molecule has 6 heteroatoms. The molecule has 2 aromatic rings. The average molecular weight is 346 g/mol.